The van der Waals surface area contributed by atoms with Gasteiger partial charge < -0.3 is 9.64 Å². The molecule has 1 aliphatic carbocycles. The van der Waals surface area contributed by atoms with E-state index in [0.717, 1.165) is 41.7 Å². The molecule has 2 aliphatic rings. The van der Waals surface area contributed by atoms with E-state index in [-0.39, 0.29) is 12.0 Å². The van der Waals surface area contributed by atoms with Crippen molar-refractivity contribution in [3.05, 3.63) is 32.9 Å². The Bertz CT molecular complexity index is 522. The number of hydrogen-bond donors (Lipinski definition) is 0. The summed E-state index contributed by atoms with van der Waals surface area (Å²) in [5.41, 5.74) is 2.03. The van der Waals surface area contributed by atoms with Crippen LogP contribution in [0.5, 0.6) is 0 Å². The number of hydrogen-bond acceptors (Lipinski definition) is 2. The molecule has 1 saturated heterocycles. The van der Waals surface area contributed by atoms with Crippen LogP contribution in [0.4, 0.5) is 0 Å². The molecular weight excluding hydrogens is 377 g/mol. The molecule has 1 heterocycles. The first-order valence-electron chi connectivity index (χ1n) is 7.80. The van der Waals surface area contributed by atoms with Gasteiger partial charge in [0.05, 0.1) is 6.10 Å². The number of aryl methyl sites for hydroxylation is 1. The Kier molecular flexibility index (Phi) is 4.84. The van der Waals surface area contributed by atoms with Gasteiger partial charge in [-0.15, -0.1) is 0 Å². The molecule has 1 amide bonds. The molecule has 1 saturated carbocycles. The highest BCUT2D eigenvalue weighted by molar-refractivity contribution is 14.1. The van der Waals surface area contributed by atoms with Crippen LogP contribution in [0.1, 0.15) is 41.6 Å². The first-order valence-corrected chi connectivity index (χ1v) is 8.88. The highest BCUT2D eigenvalue weighted by atomic mass is 127. The van der Waals surface area contributed by atoms with Crippen molar-refractivity contribution < 1.29 is 9.53 Å². The van der Waals surface area contributed by atoms with Crippen molar-refractivity contribution in [3.8, 4) is 0 Å². The predicted molar refractivity (Wildman–Crippen MR) is 91.5 cm³/mol. The first-order chi connectivity index (χ1) is 10.1. The number of amides is 1. The fraction of sp³-hybridized carbons (Fsp3) is 0.588. The average molecular weight is 399 g/mol. The lowest BCUT2D eigenvalue weighted by Gasteiger charge is -2.25. The van der Waals surface area contributed by atoms with Crippen molar-refractivity contribution in [2.45, 2.75) is 38.7 Å². The van der Waals surface area contributed by atoms with E-state index in [1.807, 2.05) is 23.1 Å². The summed E-state index contributed by atoms with van der Waals surface area (Å²) in [5, 5.41) is 0. The van der Waals surface area contributed by atoms with E-state index in [9.17, 15) is 4.79 Å². The van der Waals surface area contributed by atoms with Gasteiger partial charge in [-0.1, -0.05) is 6.07 Å². The standard InChI is InChI=1S/C17H22INO2/c1-12-4-7-14(9-16(12)18)17(20)19(10-13-5-6-13)11-15-3-2-8-21-15/h4,7,9,13,15H,2-3,5-6,8,10-11H2,1H3/t15-/m1/s1. The lowest BCUT2D eigenvalue weighted by molar-refractivity contribution is 0.0515. The van der Waals surface area contributed by atoms with Crippen LogP contribution in [-0.4, -0.2) is 36.6 Å². The molecule has 1 aliphatic heterocycles. The van der Waals surface area contributed by atoms with Crippen LogP contribution in [0.15, 0.2) is 18.2 Å². The van der Waals surface area contributed by atoms with Crippen molar-refractivity contribution in [1.82, 2.24) is 4.90 Å². The van der Waals surface area contributed by atoms with Gasteiger partial charge in [-0.25, -0.2) is 0 Å². The number of carbonyl (C=O) groups excluding carboxylic acids is 1. The van der Waals surface area contributed by atoms with Crippen LogP contribution in [0, 0.1) is 16.4 Å². The smallest absolute Gasteiger partial charge is 0.253 e. The maximum Gasteiger partial charge on any atom is 0.253 e. The van der Waals surface area contributed by atoms with Gasteiger partial charge in [-0.2, -0.15) is 0 Å². The van der Waals surface area contributed by atoms with Gasteiger partial charge >= 0.3 is 0 Å². The molecule has 114 valence electrons. The zero-order valence-electron chi connectivity index (χ0n) is 12.5. The Labute approximate surface area is 140 Å². The first kappa shape index (κ1) is 15.3. The second-order valence-corrected chi connectivity index (χ2v) is 7.41. The SMILES string of the molecule is Cc1ccc(C(=O)N(CC2CC2)C[C@H]2CCCO2)cc1I. The Morgan fingerprint density at radius 1 is 1.33 bits per heavy atom. The minimum Gasteiger partial charge on any atom is -0.376 e. The number of halogens is 1. The van der Waals surface area contributed by atoms with Gasteiger partial charge in [-0.3, -0.25) is 4.79 Å². The Morgan fingerprint density at radius 2 is 2.14 bits per heavy atom. The van der Waals surface area contributed by atoms with Gasteiger partial charge in [-0.05, 0) is 78.8 Å². The molecule has 1 aromatic rings. The fourth-order valence-corrected chi connectivity index (χ4v) is 3.31. The van der Waals surface area contributed by atoms with E-state index in [1.54, 1.807) is 0 Å². The molecule has 21 heavy (non-hydrogen) atoms. The van der Waals surface area contributed by atoms with Crippen molar-refractivity contribution in [2.75, 3.05) is 19.7 Å². The third-order valence-corrected chi connectivity index (χ3v) is 5.49. The minimum absolute atomic E-state index is 0.162. The largest absolute Gasteiger partial charge is 0.376 e. The van der Waals surface area contributed by atoms with Gasteiger partial charge in [0.2, 0.25) is 0 Å². The predicted octanol–water partition coefficient (Wildman–Crippen LogP) is 3.63. The topological polar surface area (TPSA) is 29.5 Å². The van der Waals surface area contributed by atoms with Crippen LogP contribution in [0.2, 0.25) is 0 Å². The normalized spacial score (nSPS) is 21.5. The van der Waals surface area contributed by atoms with Gasteiger partial charge in [0.1, 0.15) is 0 Å². The molecule has 0 unspecified atom stereocenters. The van der Waals surface area contributed by atoms with Crippen LogP contribution in [0.3, 0.4) is 0 Å². The molecule has 0 bridgehead atoms. The molecule has 0 aromatic heterocycles. The quantitative estimate of drug-likeness (QED) is 0.708. The van der Waals surface area contributed by atoms with Crippen molar-refractivity contribution >= 4 is 28.5 Å². The zero-order valence-corrected chi connectivity index (χ0v) is 14.6. The molecule has 1 aromatic carbocycles. The number of nitrogens with zero attached hydrogens (tertiary/aromatic N) is 1. The third-order valence-electron chi connectivity index (χ3n) is 4.33. The molecule has 0 radical (unpaired) electrons. The molecule has 0 spiro atoms. The summed E-state index contributed by atoms with van der Waals surface area (Å²) in [5.74, 6) is 0.871. The second-order valence-electron chi connectivity index (χ2n) is 6.25. The Morgan fingerprint density at radius 3 is 2.76 bits per heavy atom. The maximum absolute atomic E-state index is 12.8. The van der Waals surface area contributed by atoms with Crippen LogP contribution in [0.25, 0.3) is 0 Å². The molecule has 3 rings (SSSR count). The maximum atomic E-state index is 12.8. The molecule has 0 N–H and O–H groups in total. The van der Waals surface area contributed by atoms with Crippen molar-refractivity contribution in [1.29, 1.82) is 0 Å². The van der Waals surface area contributed by atoms with Gasteiger partial charge in [0.25, 0.3) is 5.91 Å². The van der Waals surface area contributed by atoms with Gasteiger partial charge in [0.15, 0.2) is 0 Å². The Balaban J connectivity index is 1.73. The summed E-state index contributed by atoms with van der Waals surface area (Å²) in [6.07, 6.45) is 4.97. The average Bonchev–Trinajstić information content (AvgIpc) is 3.14. The third kappa shape index (κ3) is 3.97. The van der Waals surface area contributed by atoms with Crippen LogP contribution >= 0.6 is 22.6 Å². The van der Waals surface area contributed by atoms with E-state index in [0.29, 0.717) is 5.92 Å². The highest BCUT2D eigenvalue weighted by Gasteiger charge is 2.30. The molecule has 2 fully saturated rings. The number of carbonyl (C=O) groups is 1. The molecule has 4 heteroatoms. The molecule has 1 atom stereocenters. The Hall–Kier alpha value is -0.620. The monoisotopic (exact) mass is 399 g/mol. The molecule has 3 nitrogen and oxygen atoms in total. The van der Waals surface area contributed by atoms with Crippen molar-refractivity contribution in [3.63, 3.8) is 0 Å². The fourth-order valence-electron chi connectivity index (χ4n) is 2.80. The number of benzene rings is 1. The molecular formula is C17H22INO2. The number of ether oxygens (including phenoxy) is 1. The van der Waals surface area contributed by atoms with Gasteiger partial charge in [0, 0.05) is 28.8 Å². The summed E-state index contributed by atoms with van der Waals surface area (Å²) in [4.78, 5) is 14.8. The second kappa shape index (κ2) is 6.65. The van der Waals surface area contributed by atoms with E-state index in [1.165, 1.54) is 18.4 Å². The van der Waals surface area contributed by atoms with E-state index in [2.05, 4.69) is 29.5 Å². The summed E-state index contributed by atoms with van der Waals surface area (Å²) < 4.78 is 6.87. The van der Waals surface area contributed by atoms with Crippen molar-refractivity contribution in [2.24, 2.45) is 5.92 Å². The highest BCUT2D eigenvalue weighted by Crippen LogP contribution is 2.31. The lowest BCUT2D eigenvalue weighted by Crippen LogP contribution is -2.38. The van der Waals surface area contributed by atoms with Crippen LogP contribution in [-0.2, 0) is 4.74 Å². The number of rotatable bonds is 5. The zero-order chi connectivity index (χ0) is 14.8. The summed E-state index contributed by atoms with van der Waals surface area (Å²) in [6.45, 7) is 4.56. The minimum atomic E-state index is 0.162. The van der Waals surface area contributed by atoms with E-state index in [4.69, 9.17) is 4.74 Å². The van der Waals surface area contributed by atoms with Crippen LogP contribution < -0.4 is 0 Å². The summed E-state index contributed by atoms with van der Waals surface area (Å²) in [7, 11) is 0. The lowest BCUT2D eigenvalue weighted by atomic mass is 10.1. The van der Waals surface area contributed by atoms with E-state index >= 15 is 0 Å². The summed E-state index contributed by atoms with van der Waals surface area (Å²) in [6, 6.07) is 6.00. The summed E-state index contributed by atoms with van der Waals surface area (Å²) >= 11 is 2.30. The van der Waals surface area contributed by atoms with E-state index < -0.39 is 0 Å².